The van der Waals surface area contributed by atoms with E-state index in [0.717, 1.165) is 6.54 Å². The normalized spacial score (nSPS) is 15.4. The van der Waals surface area contributed by atoms with E-state index in [-0.39, 0.29) is 34.6 Å². The van der Waals surface area contributed by atoms with E-state index in [0.29, 0.717) is 38.0 Å². The smallest absolute Gasteiger partial charge is 0.253 e. The molecule has 0 atom stereocenters. The summed E-state index contributed by atoms with van der Waals surface area (Å²) in [5, 5.41) is 3.06. The number of nitrogens with zero attached hydrogens (tertiary/aromatic N) is 2. The number of likely N-dealkylation sites (tertiary alicyclic amines) is 1. The molecule has 0 unspecified atom stereocenters. The molecule has 2 amide bonds. The average molecular weight is 463 g/mol. The van der Waals surface area contributed by atoms with Gasteiger partial charge in [0.25, 0.3) is 5.91 Å². The van der Waals surface area contributed by atoms with Gasteiger partial charge in [-0.2, -0.15) is 4.72 Å². The van der Waals surface area contributed by atoms with Crippen LogP contribution in [-0.2, 0) is 14.8 Å². The van der Waals surface area contributed by atoms with Crippen LogP contribution in [0, 0.1) is 23.7 Å². The Morgan fingerprint density at radius 1 is 1.19 bits per heavy atom. The van der Waals surface area contributed by atoms with Crippen LogP contribution in [-0.4, -0.2) is 76.9 Å². The lowest BCUT2D eigenvalue weighted by atomic mass is 9.91. The van der Waals surface area contributed by atoms with Crippen molar-refractivity contribution in [2.75, 3.05) is 46.8 Å². The highest BCUT2D eigenvalue weighted by atomic mass is 32.2. The van der Waals surface area contributed by atoms with Gasteiger partial charge in [0.15, 0.2) is 0 Å². The fraction of sp³-hybridized carbons (Fsp3) is 0.565. The average Bonchev–Trinajstić information content (AvgIpc) is 2.75. The van der Waals surface area contributed by atoms with Gasteiger partial charge in [-0.1, -0.05) is 19.8 Å². The zero-order chi connectivity index (χ0) is 23.9. The second-order valence-electron chi connectivity index (χ2n) is 9.24. The maximum absolute atomic E-state index is 12.8. The number of nitrogens with one attached hydrogen (secondary N) is 2. The van der Waals surface area contributed by atoms with Crippen LogP contribution in [0.1, 0.15) is 37.0 Å². The molecular formula is C23H34N4O4S. The molecule has 2 N–H and O–H groups in total. The minimum absolute atomic E-state index is 0.0220. The first-order valence-corrected chi connectivity index (χ1v) is 12.2. The zero-order valence-electron chi connectivity index (χ0n) is 19.3. The Morgan fingerprint density at radius 3 is 2.31 bits per heavy atom. The van der Waals surface area contributed by atoms with E-state index in [4.69, 9.17) is 6.42 Å². The van der Waals surface area contributed by atoms with Crippen molar-refractivity contribution < 1.29 is 18.0 Å². The standard InChI is InChI=1S/C23H34N4O4S/c1-6-13-25-32(30,31)20-9-7-19(8-10-20)22(29)27-14-11-18(12-15-27)21(28)24-16-23(2,3)17-26(4)5/h1,7-10,18,25H,11-17H2,2-5H3,(H,24,28). The lowest BCUT2D eigenvalue weighted by Crippen LogP contribution is -2.46. The summed E-state index contributed by atoms with van der Waals surface area (Å²) in [7, 11) is 0.332. The fourth-order valence-electron chi connectivity index (χ4n) is 3.91. The number of rotatable bonds is 9. The molecule has 1 aliphatic rings. The lowest BCUT2D eigenvalue weighted by molar-refractivity contribution is -0.126. The van der Waals surface area contributed by atoms with Crippen LogP contribution >= 0.6 is 0 Å². The van der Waals surface area contributed by atoms with Crippen molar-refractivity contribution in [2.45, 2.75) is 31.6 Å². The Balaban J connectivity index is 1.88. The molecule has 1 aliphatic heterocycles. The van der Waals surface area contributed by atoms with Gasteiger partial charge in [-0.15, -0.1) is 6.42 Å². The molecule has 176 valence electrons. The molecule has 2 rings (SSSR count). The Morgan fingerprint density at radius 2 is 1.78 bits per heavy atom. The molecule has 1 fully saturated rings. The van der Waals surface area contributed by atoms with Crippen molar-refractivity contribution in [1.82, 2.24) is 19.8 Å². The van der Waals surface area contributed by atoms with Crippen molar-refractivity contribution in [3.8, 4) is 12.3 Å². The SMILES string of the molecule is C#CCNS(=O)(=O)c1ccc(C(=O)N2CCC(C(=O)NCC(C)(C)CN(C)C)CC2)cc1. The number of hydrogen-bond acceptors (Lipinski definition) is 5. The van der Waals surface area contributed by atoms with Gasteiger partial charge >= 0.3 is 0 Å². The third-order valence-corrected chi connectivity index (χ3v) is 6.83. The first kappa shape index (κ1) is 25.8. The van der Waals surface area contributed by atoms with E-state index in [1.54, 1.807) is 4.90 Å². The number of piperidine rings is 1. The highest BCUT2D eigenvalue weighted by Gasteiger charge is 2.29. The Hall–Kier alpha value is -2.41. The number of terminal acetylenes is 1. The number of carbonyl (C=O) groups excluding carboxylic acids is 2. The van der Waals surface area contributed by atoms with Crippen molar-refractivity contribution in [3.05, 3.63) is 29.8 Å². The molecule has 8 nitrogen and oxygen atoms in total. The molecular weight excluding hydrogens is 428 g/mol. The highest BCUT2D eigenvalue weighted by Crippen LogP contribution is 2.21. The van der Waals surface area contributed by atoms with Crippen molar-refractivity contribution in [3.63, 3.8) is 0 Å². The van der Waals surface area contributed by atoms with Gasteiger partial charge in [-0.05, 0) is 56.6 Å². The molecule has 1 aromatic rings. The Kier molecular flexibility index (Phi) is 8.84. The summed E-state index contributed by atoms with van der Waals surface area (Å²) in [5.41, 5.74) is 0.389. The number of hydrogen-bond donors (Lipinski definition) is 2. The number of sulfonamides is 1. The summed E-state index contributed by atoms with van der Waals surface area (Å²) in [5.74, 6) is 1.98. The van der Waals surface area contributed by atoms with Gasteiger partial charge in [0, 0.05) is 37.7 Å². The summed E-state index contributed by atoms with van der Waals surface area (Å²) in [6, 6.07) is 5.78. The molecule has 32 heavy (non-hydrogen) atoms. The molecule has 0 saturated carbocycles. The molecule has 1 aromatic carbocycles. The van der Waals surface area contributed by atoms with Crippen molar-refractivity contribution in [2.24, 2.45) is 11.3 Å². The first-order valence-electron chi connectivity index (χ1n) is 10.7. The van der Waals surface area contributed by atoms with Crippen LogP contribution in [0.25, 0.3) is 0 Å². The third kappa shape index (κ3) is 7.33. The van der Waals surface area contributed by atoms with Crippen LogP contribution in [0.3, 0.4) is 0 Å². The van der Waals surface area contributed by atoms with Gasteiger partial charge in [-0.3, -0.25) is 9.59 Å². The maximum Gasteiger partial charge on any atom is 0.253 e. The second kappa shape index (κ2) is 10.9. The van der Waals surface area contributed by atoms with E-state index in [9.17, 15) is 18.0 Å². The topological polar surface area (TPSA) is 98.8 Å². The summed E-state index contributed by atoms with van der Waals surface area (Å²) in [6.07, 6.45) is 6.30. The van der Waals surface area contributed by atoms with E-state index in [1.165, 1.54) is 24.3 Å². The van der Waals surface area contributed by atoms with Crippen LogP contribution in [0.4, 0.5) is 0 Å². The summed E-state index contributed by atoms with van der Waals surface area (Å²) in [6.45, 7) is 6.60. The lowest BCUT2D eigenvalue weighted by Gasteiger charge is -2.33. The van der Waals surface area contributed by atoms with Gasteiger partial charge in [0.2, 0.25) is 15.9 Å². The van der Waals surface area contributed by atoms with Crippen LogP contribution in [0.15, 0.2) is 29.2 Å². The molecule has 0 radical (unpaired) electrons. The fourth-order valence-corrected chi connectivity index (χ4v) is 4.84. The van der Waals surface area contributed by atoms with Gasteiger partial charge in [0.05, 0.1) is 11.4 Å². The number of benzene rings is 1. The summed E-state index contributed by atoms with van der Waals surface area (Å²) >= 11 is 0. The highest BCUT2D eigenvalue weighted by molar-refractivity contribution is 7.89. The minimum Gasteiger partial charge on any atom is -0.355 e. The molecule has 0 aromatic heterocycles. The molecule has 1 saturated heterocycles. The summed E-state index contributed by atoms with van der Waals surface area (Å²) in [4.78, 5) is 29.2. The van der Waals surface area contributed by atoms with Crippen LogP contribution in [0.5, 0.6) is 0 Å². The number of carbonyl (C=O) groups is 2. The second-order valence-corrected chi connectivity index (χ2v) is 11.0. The predicted molar refractivity (Wildman–Crippen MR) is 124 cm³/mol. The largest absolute Gasteiger partial charge is 0.355 e. The van der Waals surface area contributed by atoms with E-state index in [2.05, 4.69) is 34.7 Å². The van der Waals surface area contributed by atoms with Gasteiger partial charge < -0.3 is 15.1 Å². The predicted octanol–water partition coefficient (Wildman–Crippen LogP) is 1.15. The van der Waals surface area contributed by atoms with Gasteiger partial charge in [0.1, 0.15) is 0 Å². The quantitative estimate of drug-likeness (QED) is 0.537. The van der Waals surface area contributed by atoms with Gasteiger partial charge in [-0.25, -0.2) is 8.42 Å². The molecule has 1 heterocycles. The van der Waals surface area contributed by atoms with Crippen molar-refractivity contribution in [1.29, 1.82) is 0 Å². The van der Waals surface area contributed by atoms with E-state index >= 15 is 0 Å². The Labute approximate surface area is 191 Å². The van der Waals surface area contributed by atoms with Crippen molar-refractivity contribution >= 4 is 21.8 Å². The van der Waals surface area contributed by atoms with Crippen LogP contribution in [0.2, 0.25) is 0 Å². The molecule has 0 spiro atoms. The van der Waals surface area contributed by atoms with E-state index in [1.807, 2.05) is 14.1 Å². The number of amides is 2. The molecule has 0 aliphatic carbocycles. The Bertz CT molecular complexity index is 941. The molecule has 9 heteroatoms. The first-order chi connectivity index (χ1) is 14.9. The monoisotopic (exact) mass is 462 g/mol. The molecule has 0 bridgehead atoms. The minimum atomic E-state index is -3.69. The van der Waals surface area contributed by atoms with E-state index < -0.39 is 10.0 Å². The summed E-state index contributed by atoms with van der Waals surface area (Å²) < 4.78 is 26.5. The van der Waals surface area contributed by atoms with Crippen LogP contribution < -0.4 is 10.0 Å². The maximum atomic E-state index is 12.8. The zero-order valence-corrected chi connectivity index (χ0v) is 20.2. The third-order valence-electron chi connectivity index (χ3n) is 5.41.